The van der Waals surface area contributed by atoms with Crippen LogP contribution < -0.4 is 5.32 Å². The number of hydrogen-bond acceptors (Lipinski definition) is 5. The van der Waals surface area contributed by atoms with E-state index < -0.39 is 6.04 Å². The van der Waals surface area contributed by atoms with E-state index >= 15 is 0 Å². The molecule has 0 aliphatic heterocycles. The van der Waals surface area contributed by atoms with Crippen molar-refractivity contribution in [1.82, 2.24) is 15.0 Å². The van der Waals surface area contributed by atoms with E-state index in [9.17, 15) is 5.11 Å². The SMILES string of the molecule is Cc1cccc(NC(c2cccnc2)c2cc(Cl)c3cccnc3c2O)n1. The Morgan fingerprint density at radius 2 is 1.93 bits per heavy atom. The molecule has 0 saturated heterocycles. The second kappa shape index (κ2) is 7.21. The van der Waals surface area contributed by atoms with Gasteiger partial charge < -0.3 is 10.4 Å². The Balaban J connectivity index is 1.89. The third-order valence-electron chi connectivity index (χ3n) is 4.35. The Hall–Kier alpha value is -3.18. The first-order valence-electron chi connectivity index (χ1n) is 8.49. The Kier molecular flexibility index (Phi) is 4.60. The maximum absolute atomic E-state index is 10.9. The molecule has 27 heavy (non-hydrogen) atoms. The summed E-state index contributed by atoms with van der Waals surface area (Å²) in [7, 11) is 0. The number of anilines is 1. The van der Waals surface area contributed by atoms with Crippen LogP contribution in [-0.2, 0) is 0 Å². The second-order valence-electron chi connectivity index (χ2n) is 6.22. The lowest BCUT2D eigenvalue weighted by Gasteiger charge is -2.22. The van der Waals surface area contributed by atoms with Gasteiger partial charge in [-0.05, 0) is 48.9 Å². The lowest BCUT2D eigenvalue weighted by molar-refractivity contribution is 0.471. The number of nitrogens with one attached hydrogen (secondary N) is 1. The minimum absolute atomic E-state index is 0.0870. The third kappa shape index (κ3) is 3.41. The number of phenols is 1. The normalized spacial score (nSPS) is 12.1. The van der Waals surface area contributed by atoms with Gasteiger partial charge in [0.15, 0.2) is 0 Å². The first-order chi connectivity index (χ1) is 13.1. The van der Waals surface area contributed by atoms with Gasteiger partial charge in [-0.3, -0.25) is 9.97 Å². The van der Waals surface area contributed by atoms with Gasteiger partial charge in [0.2, 0.25) is 0 Å². The fourth-order valence-electron chi connectivity index (χ4n) is 3.08. The molecule has 3 heterocycles. The summed E-state index contributed by atoms with van der Waals surface area (Å²) in [6.07, 6.45) is 5.10. The van der Waals surface area contributed by atoms with Crippen molar-refractivity contribution in [2.24, 2.45) is 0 Å². The number of aromatic hydroxyl groups is 1. The van der Waals surface area contributed by atoms with Crippen LogP contribution in [-0.4, -0.2) is 20.1 Å². The molecule has 0 spiro atoms. The highest BCUT2D eigenvalue weighted by molar-refractivity contribution is 6.35. The second-order valence-corrected chi connectivity index (χ2v) is 6.63. The van der Waals surface area contributed by atoms with E-state index in [0.29, 0.717) is 27.3 Å². The molecule has 1 aromatic carbocycles. The van der Waals surface area contributed by atoms with Gasteiger partial charge >= 0.3 is 0 Å². The molecule has 6 heteroatoms. The van der Waals surface area contributed by atoms with Crippen LogP contribution in [0.3, 0.4) is 0 Å². The van der Waals surface area contributed by atoms with Gasteiger partial charge in [0.05, 0.1) is 11.1 Å². The van der Waals surface area contributed by atoms with E-state index in [1.165, 1.54) is 0 Å². The van der Waals surface area contributed by atoms with Gasteiger partial charge in [0.1, 0.15) is 17.1 Å². The zero-order chi connectivity index (χ0) is 18.8. The van der Waals surface area contributed by atoms with Crippen LogP contribution in [0.1, 0.15) is 22.9 Å². The van der Waals surface area contributed by atoms with Crippen molar-refractivity contribution in [3.63, 3.8) is 0 Å². The summed E-state index contributed by atoms with van der Waals surface area (Å²) in [4.78, 5) is 13.0. The van der Waals surface area contributed by atoms with Crippen molar-refractivity contribution >= 4 is 28.3 Å². The minimum atomic E-state index is -0.392. The molecule has 2 N–H and O–H groups in total. The van der Waals surface area contributed by atoms with Crippen LogP contribution >= 0.6 is 11.6 Å². The summed E-state index contributed by atoms with van der Waals surface area (Å²) in [5.74, 6) is 0.782. The van der Waals surface area contributed by atoms with Crippen LogP contribution in [0.2, 0.25) is 5.02 Å². The lowest BCUT2D eigenvalue weighted by atomic mass is 9.97. The zero-order valence-corrected chi connectivity index (χ0v) is 15.4. The molecule has 4 aromatic rings. The first kappa shape index (κ1) is 17.2. The van der Waals surface area contributed by atoms with Gasteiger partial charge in [-0.15, -0.1) is 0 Å². The fraction of sp³-hybridized carbons (Fsp3) is 0.0952. The number of nitrogens with zero attached hydrogens (tertiary/aromatic N) is 3. The van der Waals surface area contributed by atoms with E-state index in [2.05, 4.69) is 20.3 Å². The molecular weight excluding hydrogens is 360 g/mol. The minimum Gasteiger partial charge on any atom is -0.505 e. The number of hydrogen-bond donors (Lipinski definition) is 2. The fourth-order valence-corrected chi connectivity index (χ4v) is 3.35. The molecule has 0 aliphatic carbocycles. The maximum Gasteiger partial charge on any atom is 0.147 e. The lowest BCUT2D eigenvalue weighted by Crippen LogP contribution is -2.14. The van der Waals surface area contributed by atoms with E-state index in [4.69, 9.17) is 11.6 Å². The van der Waals surface area contributed by atoms with Crippen molar-refractivity contribution in [2.45, 2.75) is 13.0 Å². The van der Waals surface area contributed by atoms with Crippen LogP contribution in [0.25, 0.3) is 10.9 Å². The van der Waals surface area contributed by atoms with E-state index in [1.807, 2.05) is 43.3 Å². The van der Waals surface area contributed by atoms with Crippen molar-refractivity contribution in [3.05, 3.63) is 89.0 Å². The molecule has 0 fully saturated rings. The van der Waals surface area contributed by atoms with Crippen LogP contribution in [0.5, 0.6) is 5.75 Å². The van der Waals surface area contributed by atoms with Gasteiger partial charge in [-0.2, -0.15) is 0 Å². The number of rotatable bonds is 4. The molecule has 0 radical (unpaired) electrons. The molecular formula is C21H17ClN4O. The smallest absolute Gasteiger partial charge is 0.147 e. The van der Waals surface area contributed by atoms with Gasteiger partial charge in [-0.25, -0.2) is 4.98 Å². The maximum atomic E-state index is 10.9. The molecule has 134 valence electrons. The molecule has 1 atom stereocenters. The zero-order valence-electron chi connectivity index (χ0n) is 14.6. The summed E-state index contributed by atoms with van der Waals surface area (Å²) in [6, 6.07) is 14.5. The van der Waals surface area contributed by atoms with Crippen LogP contribution in [0.4, 0.5) is 5.82 Å². The molecule has 0 bridgehead atoms. The van der Waals surface area contributed by atoms with Gasteiger partial charge in [0, 0.05) is 35.2 Å². The standard InChI is InChI=1S/C21H17ClN4O/c1-13-5-2-8-18(25-13)26-19(14-6-3-9-23-12-14)16-11-17(22)15-7-4-10-24-20(15)21(16)27/h2-12,19,27H,1H3,(H,25,26). The number of halogens is 1. The molecule has 4 rings (SSSR count). The summed E-state index contributed by atoms with van der Waals surface area (Å²) < 4.78 is 0. The molecule has 0 aliphatic rings. The highest BCUT2D eigenvalue weighted by atomic mass is 35.5. The molecule has 0 saturated carbocycles. The van der Waals surface area contributed by atoms with Crippen LogP contribution in [0.15, 0.2) is 67.1 Å². The van der Waals surface area contributed by atoms with Gasteiger partial charge in [0.25, 0.3) is 0 Å². The highest BCUT2D eigenvalue weighted by Crippen LogP contribution is 2.39. The number of aromatic nitrogens is 3. The Labute approximate surface area is 161 Å². The van der Waals surface area contributed by atoms with Crippen molar-refractivity contribution in [3.8, 4) is 5.75 Å². The summed E-state index contributed by atoms with van der Waals surface area (Å²) >= 11 is 6.48. The van der Waals surface area contributed by atoms with Crippen molar-refractivity contribution in [1.29, 1.82) is 0 Å². The summed E-state index contributed by atoms with van der Waals surface area (Å²) in [5, 5.41) is 15.6. The summed E-state index contributed by atoms with van der Waals surface area (Å²) in [5.41, 5.74) is 2.85. The van der Waals surface area contributed by atoms with Crippen molar-refractivity contribution in [2.75, 3.05) is 5.32 Å². The van der Waals surface area contributed by atoms with Crippen molar-refractivity contribution < 1.29 is 5.11 Å². The molecule has 1 unspecified atom stereocenters. The molecule has 0 amide bonds. The highest BCUT2D eigenvalue weighted by Gasteiger charge is 2.22. The molecule has 5 nitrogen and oxygen atoms in total. The third-order valence-corrected chi connectivity index (χ3v) is 4.67. The van der Waals surface area contributed by atoms with E-state index in [0.717, 1.165) is 11.3 Å². The largest absolute Gasteiger partial charge is 0.505 e. The quantitative estimate of drug-likeness (QED) is 0.530. The predicted molar refractivity (Wildman–Crippen MR) is 107 cm³/mol. The Morgan fingerprint density at radius 1 is 1.07 bits per heavy atom. The number of benzene rings is 1. The number of fused-ring (bicyclic) bond motifs is 1. The Bertz CT molecular complexity index is 1100. The van der Waals surface area contributed by atoms with E-state index in [-0.39, 0.29) is 5.75 Å². The van der Waals surface area contributed by atoms with Gasteiger partial charge in [-0.1, -0.05) is 23.7 Å². The summed E-state index contributed by atoms with van der Waals surface area (Å²) in [6.45, 7) is 1.93. The van der Waals surface area contributed by atoms with Crippen LogP contribution in [0, 0.1) is 6.92 Å². The topological polar surface area (TPSA) is 70.9 Å². The van der Waals surface area contributed by atoms with E-state index in [1.54, 1.807) is 30.7 Å². The number of phenolic OH excluding ortho intramolecular Hbond substituents is 1. The predicted octanol–water partition coefficient (Wildman–Crippen LogP) is 4.89. The number of pyridine rings is 3. The molecule has 3 aromatic heterocycles. The Morgan fingerprint density at radius 3 is 2.70 bits per heavy atom. The average Bonchev–Trinajstić information content (AvgIpc) is 2.70. The monoisotopic (exact) mass is 376 g/mol. The first-order valence-corrected chi connectivity index (χ1v) is 8.87. The average molecular weight is 377 g/mol. The number of aryl methyl sites for hydroxylation is 1.